The standard InChI is InChI=1S/C17H11Cl2N3/c1-10-5-6-15-16(7-10)22-17(21-15)11(9-20)8-12-13(18)3-2-4-14(12)19/h2-8H,1H3,(H,21,22)/b11-8-. The minimum absolute atomic E-state index is 0.379. The molecule has 3 nitrogen and oxygen atoms in total. The molecule has 22 heavy (non-hydrogen) atoms. The Balaban J connectivity index is 2.14. The maximum absolute atomic E-state index is 9.44. The number of aryl methyl sites for hydroxylation is 1. The fraction of sp³-hybridized carbons (Fsp3) is 0.0588. The lowest BCUT2D eigenvalue weighted by atomic mass is 10.1. The lowest BCUT2D eigenvalue weighted by molar-refractivity contribution is 1.27. The van der Waals surface area contributed by atoms with Crippen molar-refractivity contribution in [3.05, 3.63) is 63.4 Å². The fourth-order valence-corrected chi connectivity index (χ4v) is 2.70. The molecule has 0 saturated heterocycles. The molecule has 0 unspecified atom stereocenters. The van der Waals surface area contributed by atoms with Crippen LogP contribution in [0.2, 0.25) is 10.0 Å². The molecule has 108 valence electrons. The number of hydrogen-bond donors (Lipinski definition) is 1. The number of fused-ring (bicyclic) bond motifs is 1. The van der Waals surface area contributed by atoms with E-state index >= 15 is 0 Å². The van der Waals surface area contributed by atoms with E-state index in [0.29, 0.717) is 27.0 Å². The number of nitriles is 1. The van der Waals surface area contributed by atoms with Crippen LogP contribution in [0.15, 0.2) is 36.4 Å². The Morgan fingerprint density at radius 2 is 1.95 bits per heavy atom. The van der Waals surface area contributed by atoms with Gasteiger partial charge in [-0.3, -0.25) is 0 Å². The molecule has 0 fully saturated rings. The molecule has 0 amide bonds. The number of H-pyrrole nitrogens is 1. The Bertz CT molecular complexity index is 912. The van der Waals surface area contributed by atoms with Gasteiger partial charge in [0.25, 0.3) is 0 Å². The summed E-state index contributed by atoms with van der Waals surface area (Å²) >= 11 is 12.3. The number of rotatable bonds is 2. The van der Waals surface area contributed by atoms with Gasteiger partial charge in [-0.05, 0) is 42.8 Å². The number of aromatic amines is 1. The number of benzene rings is 2. The maximum Gasteiger partial charge on any atom is 0.149 e. The van der Waals surface area contributed by atoms with Crippen molar-refractivity contribution in [1.82, 2.24) is 9.97 Å². The Hall–Kier alpha value is -2.28. The van der Waals surface area contributed by atoms with E-state index in [1.54, 1.807) is 24.3 Å². The number of halogens is 2. The van der Waals surface area contributed by atoms with E-state index in [4.69, 9.17) is 23.2 Å². The highest BCUT2D eigenvalue weighted by molar-refractivity contribution is 6.37. The van der Waals surface area contributed by atoms with Crippen molar-refractivity contribution < 1.29 is 0 Å². The van der Waals surface area contributed by atoms with E-state index in [1.165, 1.54) is 0 Å². The normalized spacial score (nSPS) is 11.6. The van der Waals surface area contributed by atoms with E-state index in [9.17, 15) is 5.26 Å². The third-order valence-corrected chi connectivity index (χ3v) is 3.96. The number of hydrogen-bond acceptors (Lipinski definition) is 2. The van der Waals surface area contributed by atoms with Crippen molar-refractivity contribution in [2.75, 3.05) is 0 Å². The molecular formula is C17H11Cl2N3. The minimum atomic E-state index is 0.379. The molecule has 0 aliphatic heterocycles. The maximum atomic E-state index is 9.44. The third-order valence-electron chi connectivity index (χ3n) is 3.30. The summed E-state index contributed by atoms with van der Waals surface area (Å²) in [5, 5.41) is 10.4. The summed E-state index contributed by atoms with van der Waals surface area (Å²) < 4.78 is 0. The second-order valence-corrected chi connectivity index (χ2v) is 5.73. The van der Waals surface area contributed by atoms with Gasteiger partial charge in [0.15, 0.2) is 0 Å². The van der Waals surface area contributed by atoms with Crippen LogP contribution in [-0.2, 0) is 0 Å². The molecule has 0 aliphatic rings. The Labute approximate surface area is 137 Å². The zero-order valence-corrected chi connectivity index (χ0v) is 13.2. The molecule has 1 N–H and O–H groups in total. The highest BCUT2D eigenvalue weighted by Crippen LogP contribution is 2.28. The van der Waals surface area contributed by atoms with Crippen LogP contribution in [0.5, 0.6) is 0 Å². The number of nitrogens with zero attached hydrogens (tertiary/aromatic N) is 2. The molecule has 3 rings (SSSR count). The lowest BCUT2D eigenvalue weighted by Crippen LogP contribution is -1.86. The lowest BCUT2D eigenvalue weighted by Gasteiger charge is -2.01. The van der Waals surface area contributed by atoms with Gasteiger partial charge in [0.05, 0.1) is 16.6 Å². The van der Waals surface area contributed by atoms with Gasteiger partial charge in [0.2, 0.25) is 0 Å². The van der Waals surface area contributed by atoms with E-state index in [1.807, 2.05) is 25.1 Å². The zero-order chi connectivity index (χ0) is 15.7. The molecule has 2 aromatic carbocycles. The second-order valence-electron chi connectivity index (χ2n) is 4.91. The molecule has 0 radical (unpaired) electrons. The highest BCUT2D eigenvalue weighted by atomic mass is 35.5. The van der Waals surface area contributed by atoms with Gasteiger partial charge in [-0.15, -0.1) is 0 Å². The van der Waals surface area contributed by atoms with Gasteiger partial charge in [-0.25, -0.2) is 4.98 Å². The number of aromatic nitrogens is 2. The molecule has 0 spiro atoms. The van der Waals surface area contributed by atoms with Gasteiger partial charge in [-0.2, -0.15) is 5.26 Å². The van der Waals surface area contributed by atoms with Crippen LogP contribution >= 0.6 is 23.2 Å². The number of allylic oxidation sites excluding steroid dienone is 1. The molecule has 0 aliphatic carbocycles. The van der Waals surface area contributed by atoms with Crippen LogP contribution in [0.25, 0.3) is 22.7 Å². The largest absolute Gasteiger partial charge is 0.337 e. The van der Waals surface area contributed by atoms with Gasteiger partial charge in [0, 0.05) is 15.6 Å². The van der Waals surface area contributed by atoms with Gasteiger partial charge in [-0.1, -0.05) is 35.3 Å². The molecule has 5 heteroatoms. The summed E-state index contributed by atoms with van der Waals surface area (Å²) in [4.78, 5) is 7.61. The number of nitrogens with one attached hydrogen (secondary N) is 1. The quantitative estimate of drug-likeness (QED) is 0.654. The molecule has 1 aromatic heterocycles. The number of imidazole rings is 1. The molecule has 0 atom stereocenters. The van der Waals surface area contributed by atoms with Crippen molar-refractivity contribution >= 4 is 45.9 Å². The summed E-state index contributed by atoms with van der Waals surface area (Å²) in [6.45, 7) is 2.00. The van der Waals surface area contributed by atoms with E-state index in [-0.39, 0.29) is 0 Å². The summed E-state index contributed by atoms with van der Waals surface area (Å²) in [7, 11) is 0. The second kappa shape index (κ2) is 5.84. The minimum Gasteiger partial charge on any atom is -0.337 e. The smallest absolute Gasteiger partial charge is 0.149 e. The first-order valence-electron chi connectivity index (χ1n) is 6.61. The Kier molecular flexibility index (Phi) is 3.89. The van der Waals surface area contributed by atoms with Crippen LogP contribution in [-0.4, -0.2) is 9.97 Å². The van der Waals surface area contributed by atoms with Crippen molar-refractivity contribution in [1.29, 1.82) is 5.26 Å². The molecule has 3 aromatic rings. The molecule has 1 heterocycles. The highest BCUT2D eigenvalue weighted by Gasteiger charge is 2.10. The van der Waals surface area contributed by atoms with Crippen LogP contribution in [0.1, 0.15) is 17.0 Å². The average Bonchev–Trinajstić information content (AvgIpc) is 2.89. The zero-order valence-electron chi connectivity index (χ0n) is 11.7. The third kappa shape index (κ3) is 2.71. The van der Waals surface area contributed by atoms with Gasteiger partial charge < -0.3 is 4.98 Å². The summed E-state index contributed by atoms with van der Waals surface area (Å²) in [6, 6.07) is 13.3. The molecule has 0 bridgehead atoms. The van der Waals surface area contributed by atoms with Crippen molar-refractivity contribution in [3.63, 3.8) is 0 Å². The first-order chi connectivity index (χ1) is 10.6. The van der Waals surface area contributed by atoms with E-state index in [0.717, 1.165) is 16.6 Å². The fourth-order valence-electron chi connectivity index (χ4n) is 2.20. The Morgan fingerprint density at radius 3 is 2.64 bits per heavy atom. The van der Waals surface area contributed by atoms with Crippen LogP contribution in [0.3, 0.4) is 0 Å². The van der Waals surface area contributed by atoms with E-state index in [2.05, 4.69) is 16.0 Å². The summed E-state index contributed by atoms with van der Waals surface area (Å²) in [6.07, 6.45) is 1.65. The average molecular weight is 328 g/mol. The predicted molar refractivity (Wildman–Crippen MR) is 90.8 cm³/mol. The molecular weight excluding hydrogens is 317 g/mol. The van der Waals surface area contributed by atoms with E-state index < -0.39 is 0 Å². The van der Waals surface area contributed by atoms with Gasteiger partial charge in [0.1, 0.15) is 11.9 Å². The van der Waals surface area contributed by atoms with Crippen LogP contribution in [0, 0.1) is 18.3 Å². The van der Waals surface area contributed by atoms with Gasteiger partial charge >= 0.3 is 0 Å². The Morgan fingerprint density at radius 1 is 1.23 bits per heavy atom. The molecule has 0 saturated carbocycles. The van der Waals surface area contributed by atoms with Crippen molar-refractivity contribution in [2.24, 2.45) is 0 Å². The summed E-state index contributed by atoms with van der Waals surface area (Å²) in [5.74, 6) is 0.499. The topological polar surface area (TPSA) is 52.5 Å². The van der Waals surface area contributed by atoms with Crippen molar-refractivity contribution in [3.8, 4) is 6.07 Å². The SMILES string of the molecule is Cc1ccc2nc(/C(C#N)=C\c3c(Cl)cccc3Cl)[nH]c2c1. The van der Waals surface area contributed by atoms with Crippen LogP contribution in [0.4, 0.5) is 0 Å². The predicted octanol–water partition coefficient (Wildman–Crippen LogP) is 5.24. The van der Waals surface area contributed by atoms with Crippen molar-refractivity contribution in [2.45, 2.75) is 6.92 Å². The summed E-state index contributed by atoms with van der Waals surface area (Å²) in [5.41, 5.74) is 3.82. The monoisotopic (exact) mass is 327 g/mol. The van der Waals surface area contributed by atoms with Crippen LogP contribution < -0.4 is 0 Å². The first kappa shape index (κ1) is 14.6. The first-order valence-corrected chi connectivity index (χ1v) is 7.36.